The molecule has 0 radical (unpaired) electrons. The Balaban J connectivity index is 1.68. The summed E-state index contributed by atoms with van der Waals surface area (Å²) in [4.78, 5) is 65.7. The lowest BCUT2D eigenvalue weighted by molar-refractivity contribution is -0.528. The van der Waals surface area contributed by atoms with Crippen molar-refractivity contribution in [1.29, 1.82) is 0 Å². The molecule has 2 fully saturated rings. The van der Waals surface area contributed by atoms with E-state index in [-0.39, 0.29) is 36.2 Å². The quantitative estimate of drug-likeness (QED) is 0.110. The number of carbonyl (C=O) groups is 4. The molecule has 49 heavy (non-hydrogen) atoms. The minimum Gasteiger partial charge on any atom is -0.415 e. The molecule has 5 atom stereocenters. The van der Waals surface area contributed by atoms with Crippen LogP contribution in [-0.2, 0) is 28.8 Å². The molecule has 2 aliphatic rings. The van der Waals surface area contributed by atoms with Crippen molar-refractivity contribution in [2.45, 2.75) is 83.7 Å². The highest BCUT2D eigenvalue weighted by Crippen LogP contribution is 2.48. The standard InChI is InChI=1S/C31H38BrFN4O12/c1-6-15(3)29(34)26(40)47-45-14-28(4,5)25(39)30(42,48-29)49-31(43,44)46-24-17(21(38)7-2)9-10-19(33)23(24)18-12-20(18)36-27(41)37-22-11-8-16(32)13-35-22/h8-11,13,15,18,20,42-44H,6-7,12,14,34H2,1-5H3,(H2,35,36,37,41)/t15-,18+,20-,29-,30-/m0/s1. The van der Waals surface area contributed by atoms with E-state index < -0.39 is 82.9 Å². The summed E-state index contributed by atoms with van der Waals surface area (Å²) in [6, 6.07) is 3.80. The van der Waals surface area contributed by atoms with E-state index in [9.17, 15) is 34.5 Å². The third kappa shape index (κ3) is 8.41. The van der Waals surface area contributed by atoms with Gasteiger partial charge in [-0.25, -0.2) is 23.7 Å². The summed E-state index contributed by atoms with van der Waals surface area (Å²) in [5.41, 5.74) is 1.07. The molecule has 1 aliphatic heterocycles. The van der Waals surface area contributed by atoms with Gasteiger partial charge in [-0.05, 0) is 53.0 Å². The first-order chi connectivity index (χ1) is 22.8. The molecular weight excluding hydrogens is 719 g/mol. The predicted molar refractivity (Wildman–Crippen MR) is 168 cm³/mol. The lowest BCUT2D eigenvalue weighted by Gasteiger charge is -2.40. The second-order valence-corrected chi connectivity index (χ2v) is 13.3. The number of aromatic nitrogens is 1. The Kier molecular flexibility index (Phi) is 11.2. The van der Waals surface area contributed by atoms with E-state index in [1.165, 1.54) is 40.0 Å². The largest absolute Gasteiger partial charge is 0.460 e. The molecule has 1 saturated heterocycles. The lowest BCUT2D eigenvalue weighted by Crippen LogP contribution is -2.66. The lowest BCUT2D eigenvalue weighted by atomic mass is 9.87. The van der Waals surface area contributed by atoms with Crippen LogP contribution >= 0.6 is 15.9 Å². The van der Waals surface area contributed by atoms with Gasteiger partial charge < -0.3 is 25.4 Å². The molecule has 0 bridgehead atoms. The number of benzene rings is 1. The molecule has 4 rings (SSSR count). The molecule has 16 nitrogen and oxygen atoms in total. The minimum atomic E-state index is -4.05. The number of carbonyl (C=O) groups excluding carboxylic acids is 4. The highest BCUT2D eigenvalue weighted by molar-refractivity contribution is 9.10. The second kappa shape index (κ2) is 14.3. The van der Waals surface area contributed by atoms with Crippen molar-refractivity contribution in [2.24, 2.45) is 17.1 Å². The Labute approximate surface area is 288 Å². The number of hydrogen-bond acceptors (Lipinski definition) is 14. The fourth-order valence-electron chi connectivity index (χ4n) is 5.00. The summed E-state index contributed by atoms with van der Waals surface area (Å²) < 4.78 is 31.9. The van der Waals surface area contributed by atoms with Crippen molar-refractivity contribution in [2.75, 3.05) is 11.9 Å². The van der Waals surface area contributed by atoms with Crippen LogP contribution < -0.4 is 21.1 Å². The van der Waals surface area contributed by atoms with E-state index in [0.717, 1.165) is 12.1 Å². The number of urea groups is 1. The zero-order valence-corrected chi connectivity index (χ0v) is 28.8. The van der Waals surface area contributed by atoms with Gasteiger partial charge in [-0.1, -0.05) is 34.6 Å². The number of nitrogens with two attached hydrogens (primary N) is 1. The number of ether oxygens (including phenoxy) is 3. The van der Waals surface area contributed by atoms with Crippen molar-refractivity contribution in [1.82, 2.24) is 10.3 Å². The Morgan fingerprint density at radius 3 is 2.53 bits per heavy atom. The van der Waals surface area contributed by atoms with Crippen LogP contribution in [0.25, 0.3) is 0 Å². The second-order valence-electron chi connectivity index (χ2n) is 12.4. The van der Waals surface area contributed by atoms with Gasteiger partial charge in [0.1, 0.15) is 24.0 Å². The number of Topliss-reactive ketones (excluding diaryl/α,β-unsaturated/α-hetero) is 2. The number of rotatable bonds is 11. The molecule has 268 valence electrons. The van der Waals surface area contributed by atoms with Gasteiger partial charge in [0.15, 0.2) is 5.78 Å². The fourth-order valence-corrected chi connectivity index (χ4v) is 5.23. The number of amides is 2. The van der Waals surface area contributed by atoms with E-state index in [1.54, 1.807) is 13.0 Å². The highest BCUT2D eigenvalue weighted by Gasteiger charge is 2.61. The summed E-state index contributed by atoms with van der Waals surface area (Å²) in [5.74, 6) is -10.4. The summed E-state index contributed by atoms with van der Waals surface area (Å²) >= 11 is 3.24. The predicted octanol–water partition coefficient (Wildman–Crippen LogP) is 2.69. The van der Waals surface area contributed by atoms with Crippen molar-refractivity contribution >= 4 is 45.3 Å². The number of anilines is 1. The van der Waals surface area contributed by atoms with E-state index >= 15 is 4.39 Å². The van der Waals surface area contributed by atoms with Crippen molar-refractivity contribution in [3.63, 3.8) is 0 Å². The average molecular weight is 758 g/mol. The molecule has 1 aliphatic carbocycles. The molecule has 0 unspecified atom stereocenters. The first-order valence-corrected chi connectivity index (χ1v) is 16.0. The number of aliphatic hydroxyl groups is 3. The van der Waals surface area contributed by atoms with Gasteiger partial charge in [0.2, 0.25) is 11.5 Å². The number of nitrogens with one attached hydrogen (secondary N) is 2. The van der Waals surface area contributed by atoms with Crippen LogP contribution in [0.3, 0.4) is 0 Å². The number of nitrogens with zero attached hydrogens (tertiary/aromatic N) is 1. The molecule has 1 saturated carbocycles. The van der Waals surface area contributed by atoms with Gasteiger partial charge in [-0.2, -0.15) is 4.89 Å². The molecule has 2 heterocycles. The minimum absolute atomic E-state index is 0.128. The molecule has 1 aromatic carbocycles. The zero-order valence-electron chi connectivity index (χ0n) is 27.2. The maximum Gasteiger partial charge on any atom is 0.460 e. The third-order valence-electron chi connectivity index (χ3n) is 8.14. The van der Waals surface area contributed by atoms with Crippen LogP contribution in [0.2, 0.25) is 0 Å². The van der Waals surface area contributed by atoms with Crippen LogP contribution in [0, 0.1) is 17.2 Å². The smallest absolute Gasteiger partial charge is 0.415 e. The Bertz CT molecular complexity index is 1610. The van der Waals surface area contributed by atoms with E-state index in [4.69, 9.17) is 29.7 Å². The Hall–Kier alpha value is -3.62. The molecule has 18 heteroatoms. The normalized spacial score (nSPS) is 26.0. The highest BCUT2D eigenvalue weighted by atomic mass is 79.9. The summed E-state index contributed by atoms with van der Waals surface area (Å²) in [6.07, 6.45) is -2.46. The molecule has 2 aromatic rings. The van der Waals surface area contributed by atoms with Crippen molar-refractivity contribution < 1.29 is 62.9 Å². The first-order valence-electron chi connectivity index (χ1n) is 15.3. The topological polar surface area (TPSA) is 238 Å². The van der Waals surface area contributed by atoms with Crippen LogP contribution in [-0.4, -0.2) is 74.4 Å². The molecule has 7 N–H and O–H groups in total. The molecule has 0 spiro atoms. The van der Waals surface area contributed by atoms with Crippen LogP contribution in [0.15, 0.2) is 34.9 Å². The van der Waals surface area contributed by atoms with Crippen molar-refractivity contribution in [3.8, 4) is 5.75 Å². The zero-order chi connectivity index (χ0) is 36.5. The first kappa shape index (κ1) is 38.2. The number of halogens is 2. The van der Waals surface area contributed by atoms with Gasteiger partial charge in [0, 0.05) is 40.5 Å². The fraction of sp³-hybridized carbons (Fsp3) is 0.516. The molecule has 2 amide bonds. The molecular formula is C31H38BrFN4O12. The van der Waals surface area contributed by atoms with E-state index in [0.29, 0.717) is 4.47 Å². The summed E-state index contributed by atoms with van der Waals surface area (Å²) in [7, 11) is 0. The number of pyridine rings is 1. The monoisotopic (exact) mass is 756 g/mol. The van der Waals surface area contributed by atoms with Crippen molar-refractivity contribution in [3.05, 3.63) is 51.9 Å². The summed E-state index contributed by atoms with van der Waals surface area (Å²) in [5, 5.41) is 38.8. The SMILES string of the molecule is CCC(=O)c1ccc(F)c([C@@H]2C[C@@H]2NC(=O)Nc2ccc(Br)cn2)c1OC(O)(O)O[C@@]1(O)O[C@@](N)([C@@H](C)CC)C(=O)OOCC(C)(C)C1=O. The van der Waals surface area contributed by atoms with Gasteiger partial charge in [-0.15, -0.1) is 0 Å². The maximum absolute atomic E-state index is 15.5. The number of hydrogen-bond donors (Lipinski definition) is 6. The third-order valence-corrected chi connectivity index (χ3v) is 8.61. The van der Waals surface area contributed by atoms with Gasteiger partial charge in [-0.3, -0.25) is 30.3 Å². The van der Waals surface area contributed by atoms with Crippen LogP contribution in [0.1, 0.15) is 75.7 Å². The van der Waals surface area contributed by atoms with Gasteiger partial charge in [0.05, 0.1) is 11.0 Å². The molecule has 1 aromatic heterocycles. The Morgan fingerprint density at radius 1 is 1.22 bits per heavy atom. The average Bonchev–Trinajstić information content (AvgIpc) is 3.77. The maximum atomic E-state index is 15.5. The van der Waals surface area contributed by atoms with Crippen LogP contribution in [0.5, 0.6) is 5.75 Å². The van der Waals surface area contributed by atoms with Gasteiger partial charge in [0.25, 0.3) is 0 Å². The Morgan fingerprint density at radius 2 is 1.92 bits per heavy atom. The van der Waals surface area contributed by atoms with E-state index in [2.05, 4.69) is 31.5 Å². The summed E-state index contributed by atoms with van der Waals surface area (Å²) in [6.45, 7) is 6.31. The van der Waals surface area contributed by atoms with E-state index in [1.807, 2.05) is 0 Å². The van der Waals surface area contributed by atoms with Gasteiger partial charge >= 0.3 is 24.1 Å². The van der Waals surface area contributed by atoms with Crippen LogP contribution in [0.4, 0.5) is 15.0 Å². The number of ketones is 2.